The van der Waals surface area contributed by atoms with E-state index >= 15 is 0 Å². The zero-order chi connectivity index (χ0) is 17.8. The molecule has 2 aromatic carbocycles. The molecule has 0 aliphatic carbocycles. The SMILES string of the molecule is COCc1cccc(CNC(=O)Cn2c(C)c(Br)c3ccccc32)c1. The maximum Gasteiger partial charge on any atom is 0.240 e. The molecule has 1 amide bonds. The normalized spacial score (nSPS) is 11.0. The molecule has 25 heavy (non-hydrogen) atoms. The van der Waals surface area contributed by atoms with Crippen molar-refractivity contribution in [2.75, 3.05) is 7.11 Å². The zero-order valence-electron chi connectivity index (χ0n) is 14.4. The van der Waals surface area contributed by atoms with E-state index in [1.54, 1.807) is 7.11 Å². The van der Waals surface area contributed by atoms with Gasteiger partial charge >= 0.3 is 0 Å². The molecule has 0 saturated carbocycles. The first-order chi connectivity index (χ1) is 12.1. The molecule has 0 aliphatic heterocycles. The van der Waals surface area contributed by atoms with Crippen molar-refractivity contribution in [3.05, 3.63) is 69.8 Å². The summed E-state index contributed by atoms with van der Waals surface area (Å²) in [6.45, 7) is 3.40. The number of fused-ring (bicyclic) bond motifs is 1. The summed E-state index contributed by atoms with van der Waals surface area (Å²) in [6, 6.07) is 16.1. The van der Waals surface area contributed by atoms with Gasteiger partial charge < -0.3 is 14.6 Å². The highest BCUT2D eigenvalue weighted by Gasteiger charge is 2.13. The summed E-state index contributed by atoms with van der Waals surface area (Å²) in [4.78, 5) is 12.4. The number of para-hydroxylation sites is 1. The van der Waals surface area contributed by atoms with Crippen LogP contribution in [0.3, 0.4) is 0 Å². The monoisotopic (exact) mass is 400 g/mol. The molecule has 0 fully saturated rings. The van der Waals surface area contributed by atoms with E-state index in [0.717, 1.165) is 32.2 Å². The number of nitrogens with one attached hydrogen (secondary N) is 1. The molecule has 0 radical (unpaired) electrons. The summed E-state index contributed by atoms with van der Waals surface area (Å²) < 4.78 is 8.23. The van der Waals surface area contributed by atoms with Crippen LogP contribution in [0.5, 0.6) is 0 Å². The van der Waals surface area contributed by atoms with Crippen molar-refractivity contribution in [2.45, 2.75) is 26.6 Å². The van der Waals surface area contributed by atoms with Crippen LogP contribution in [-0.4, -0.2) is 17.6 Å². The molecule has 4 nitrogen and oxygen atoms in total. The number of rotatable bonds is 6. The third kappa shape index (κ3) is 3.94. The summed E-state index contributed by atoms with van der Waals surface area (Å²) in [5.41, 5.74) is 4.28. The minimum atomic E-state index is -0.00602. The lowest BCUT2D eigenvalue weighted by Gasteiger charge is -2.10. The fourth-order valence-electron chi connectivity index (χ4n) is 2.99. The molecular formula is C20H21BrN2O2. The van der Waals surface area contributed by atoms with E-state index in [1.165, 1.54) is 0 Å². The summed E-state index contributed by atoms with van der Waals surface area (Å²) in [7, 11) is 1.68. The van der Waals surface area contributed by atoms with E-state index in [1.807, 2.05) is 47.9 Å². The first-order valence-corrected chi connectivity index (χ1v) is 8.96. The van der Waals surface area contributed by atoms with Gasteiger partial charge in [-0.25, -0.2) is 0 Å². The van der Waals surface area contributed by atoms with Gasteiger partial charge in [-0.3, -0.25) is 4.79 Å². The van der Waals surface area contributed by atoms with Crippen LogP contribution in [0, 0.1) is 6.92 Å². The number of methoxy groups -OCH3 is 1. The lowest BCUT2D eigenvalue weighted by atomic mass is 10.1. The number of ether oxygens (including phenoxy) is 1. The second-order valence-corrected chi connectivity index (χ2v) is 6.83. The van der Waals surface area contributed by atoms with E-state index in [4.69, 9.17) is 4.74 Å². The second kappa shape index (κ2) is 7.85. The van der Waals surface area contributed by atoms with Crippen molar-refractivity contribution in [1.82, 2.24) is 9.88 Å². The zero-order valence-corrected chi connectivity index (χ0v) is 16.0. The number of hydrogen-bond acceptors (Lipinski definition) is 2. The highest BCUT2D eigenvalue weighted by atomic mass is 79.9. The topological polar surface area (TPSA) is 43.3 Å². The maximum atomic E-state index is 12.4. The van der Waals surface area contributed by atoms with Crippen molar-refractivity contribution >= 4 is 32.7 Å². The quantitative estimate of drug-likeness (QED) is 0.674. The van der Waals surface area contributed by atoms with Crippen LogP contribution >= 0.6 is 15.9 Å². The number of carbonyl (C=O) groups is 1. The van der Waals surface area contributed by atoms with Gasteiger partial charge in [0.25, 0.3) is 0 Å². The predicted octanol–water partition coefficient (Wildman–Crippen LogP) is 4.18. The smallest absolute Gasteiger partial charge is 0.240 e. The largest absolute Gasteiger partial charge is 0.380 e. The number of nitrogens with zero attached hydrogens (tertiary/aromatic N) is 1. The Morgan fingerprint density at radius 3 is 2.72 bits per heavy atom. The van der Waals surface area contributed by atoms with E-state index in [-0.39, 0.29) is 5.91 Å². The fourth-order valence-corrected chi connectivity index (χ4v) is 3.54. The van der Waals surface area contributed by atoms with Crippen LogP contribution in [0.4, 0.5) is 0 Å². The minimum Gasteiger partial charge on any atom is -0.380 e. The summed E-state index contributed by atoms with van der Waals surface area (Å²) in [5.74, 6) is -0.00602. The average molecular weight is 401 g/mol. The maximum absolute atomic E-state index is 12.4. The van der Waals surface area contributed by atoms with Gasteiger partial charge in [0.1, 0.15) is 6.54 Å². The third-order valence-corrected chi connectivity index (χ3v) is 5.25. The lowest BCUT2D eigenvalue weighted by molar-refractivity contribution is -0.121. The molecular weight excluding hydrogens is 380 g/mol. The summed E-state index contributed by atoms with van der Waals surface area (Å²) in [5, 5.41) is 4.13. The van der Waals surface area contributed by atoms with E-state index in [9.17, 15) is 4.79 Å². The van der Waals surface area contributed by atoms with Crippen molar-refractivity contribution in [3.63, 3.8) is 0 Å². The molecule has 0 unspecified atom stereocenters. The Labute approximate surface area is 155 Å². The van der Waals surface area contributed by atoms with Crippen molar-refractivity contribution in [3.8, 4) is 0 Å². The van der Waals surface area contributed by atoms with Gasteiger partial charge in [-0.15, -0.1) is 0 Å². The number of benzene rings is 2. The summed E-state index contributed by atoms with van der Waals surface area (Å²) in [6.07, 6.45) is 0. The van der Waals surface area contributed by atoms with E-state index < -0.39 is 0 Å². The number of carbonyl (C=O) groups excluding carboxylic acids is 1. The van der Waals surface area contributed by atoms with Crippen molar-refractivity contribution < 1.29 is 9.53 Å². The third-order valence-electron chi connectivity index (χ3n) is 4.25. The Balaban J connectivity index is 1.69. The fraction of sp³-hybridized carbons (Fsp3) is 0.250. The van der Waals surface area contributed by atoms with Gasteiger partial charge in [0.05, 0.1) is 6.61 Å². The number of amides is 1. The van der Waals surface area contributed by atoms with Crippen LogP contribution in [0.1, 0.15) is 16.8 Å². The van der Waals surface area contributed by atoms with E-state index in [0.29, 0.717) is 19.7 Å². The molecule has 0 spiro atoms. The van der Waals surface area contributed by atoms with Crippen LogP contribution in [0.2, 0.25) is 0 Å². The molecule has 0 atom stereocenters. The number of hydrogen-bond donors (Lipinski definition) is 1. The molecule has 1 N–H and O–H groups in total. The lowest BCUT2D eigenvalue weighted by Crippen LogP contribution is -2.27. The van der Waals surface area contributed by atoms with Gasteiger partial charge in [-0.05, 0) is 40.0 Å². The van der Waals surface area contributed by atoms with Crippen molar-refractivity contribution in [2.24, 2.45) is 0 Å². The molecule has 3 aromatic rings. The molecule has 5 heteroatoms. The summed E-state index contributed by atoms with van der Waals surface area (Å²) >= 11 is 3.63. The van der Waals surface area contributed by atoms with Crippen LogP contribution < -0.4 is 5.32 Å². The second-order valence-electron chi connectivity index (χ2n) is 6.03. The Morgan fingerprint density at radius 1 is 1.16 bits per heavy atom. The average Bonchev–Trinajstić information content (AvgIpc) is 2.86. The first kappa shape index (κ1) is 17.7. The van der Waals surface area contributed by atoms with Gasteiger partial charge in [0.15, 0.2) is 0 Å². The molecule has 3 rings (SSSR count). The number of halogens is 1. The van der Waals surface area contributed by atoms with Gasteiger partial charge in [0.2, 0.25) is 5.91 Å². The highest BCUT2D eigenvalue weighted by molar-refractivity contribution is 9.10. The van der Waals surface area contributed by atoms with Gasteiger partial charge in [0, 0.05) is 34.7 Å². The molecule has 1 heterocycles. The van der Waals surface area contributed by atoms with Crippen LogP contribution in [0.15, 0.2) is 53.0 Å². The van der Waals surface area contributed by atoms with E-state index in [2.05, 4.69) is 33.4 Å². The number of aromatic nitrogens is 1. The first-order valence-electron chi connectivity index (χ1n) is 8.17. The Morgan fingerprint density at radius 2 is 1.92 bits per heavy atom. The Kier molecular flexibility index (Phi) is 5.56. The molecule has 130 valence electrons. The van der Waals surface area contributed by atoms with Crippen LogP contribution in [0.25, 0.3) is 10.9 Å². The predicted molar refractivity (Wildman–Crippen MR) is 103 cm³/mol. The molecule has 0 bridgehead atoms. The van der Waals surface area contributed by atoms with Crippen LogP contribution in [-0.2, 0) is 29.2 Å². The highest BCUT2D eigenvalue weighted by Crippen LogP contribution is 2.30. The molecule has 0 aliphatic rings. The Bertz CT molecular complexity index is 902. The Hall–Kier alpha value is -2.11. The molecule has 1 aromatic heterocycles. The standard InChI is InChI=1S/C20H21BrN2O2/c1-14-20(21)17-8-3-4-9-18(17)23(14)12-19(24)22-11-15-6-5-7-16(10-15)13-25-2/h3-10H,11-13H2,1-2H3,(H,22,24). The minimum absolute atomic E-state index is 0.00602. The van der Waals surface area contributed by atoms with Crippen molar-refractivity contribution in [1.29, 1.82) is 0 Å². The van der Waals surface area contributed by atoms with Gasteiger partial charge in [-0.1, -0.05) is 42.5 Å². The molecule has 0 saturated heterocycles. The van der Waals surface area contributed by atoms with Gasteiger partial charge in [-0.2, -0.15) is 0 Å².